The number of halogens is 1. The average molecular weight is 431 g/mol. The second kappa shape index (κ2) is 10.2. The lowest BCUT2D eigenvalue weighted by Gasteiger charge is -2.26. The van der Waals surface area contributed by atoms with E-state index in [1.54, 1.807) is 17.0 Å². The van der Waals surface area contributed by atoms with Crippen LogP contribution in [0.5, 0.6) is 0 Å². The molecule has 1 fully saturated rings. The first-order chi connectivity index (χ1) is 15.6. The summed E-state index contributed by atoms with van der Waals surface area (Å²) < 4.78 is 13.2. The zero-order valence-electron chi connectivity index (χ0n) is 18.0. The van der Waals surface area contributed by atoms with Crippen molar-refractivity contribution in [2.24, 2.45) is 5.92 Å². The number of carbonyl (C=O) groups is 2. The summed E-state index contributed by atoms with van der Waals surface area (Å²) in [6, 6.07) is 26.2. The van der Waals surface area contributed by atoms with Crippen molar-refractivity contribution in [1.29, 1.82) is 0 Å². The van der Waals surface area contributed by atoms with Crippen molar-refractivity contribution in [3.63, 3.8) is 0 Å². The fourth-order valence-electron chi connectivity index (χ4n) is 4.14. The van der Waals surface area contributed by atoms with E-state index >= 15 is 0 Å². The molecule has 0 saturated carbocycles. The Balaban J connectivity index is 1.44. The van der Waals surface area contributed by atoms with Gasteiger partial charge in [0.25, 0.3) is 0 Å². The van der Waals surface area contributed by atoms with Gasteiger partial charge in [-0.3, -0.25) is 9.59 Å². The van der Waals surface area contributed by atoms with Gasteiger partial charge in [-0.2, -0.15) is 0 Å². The highest BCUT2D eigenvalue weighted by Gasteiger charge is 2.36. The number of hydrogen-bond acceptors (Lipinski definition) is 2. The molecule has 1 unspecified atom stereocenters. The molecule has 0 spiro atoms. The summed E-state index contributed by atoms with van der Waals surface area (Å²) in [7, 11) is 0. The second-order valence-corrected chi connectivity index (χ2v) is 8.28. The van der Waals surface area contributed by atoms with Gasteiger partial charge in [-0.25, -0.2) is 4.39 Å². The van der Waals surface area contributed by atoms with Crippen LogP contribution in [0.4, 0.5) is 4.39 Å². The SMILES string of the molecule is O=C1CC(C(=O)N(CCc2ccccc2)Cc2ccccc2)CN1Cc1ccc(F)cc1. The molecule has 164 valence electrons. The van der Waals surface area contributed by atoms with Crippen molar-refractivity contribution in [2.75, 3.05) is 13.1 Å². The molecular weight excluding hydrogens is 403 g/mol. The minimum atomic E-state index is -0.359. The van der Waals surface area contributed by atoms with Gasteiger partial charge in [-0.15, -0.1) is 0 Å². The maximum absolute atomic E-state index is 13.5. The van der Waals surface area contributed by atoms with Crippen molar-refractivity contribution in [2.45, 2.75) is 25.9 Å². The summed E-state index contributed by atoms with van der Waals surface area (Å²) in [6.45, 7) is 1.91. The molecule has 1 heterocycles. The second-order valence-electron chi connectivity index (χ2n) is 8.28. The van der Waals surface area contributed by atoms with Gasteiger partial charge in [-0.1, -0.05) is 72.8 Å². The van der Waals surface area contributed by atoms with Gasteiger partial charge in [0.05, 0.1) is 5.92 Å². The van der Waals surface area contributed by atoms with E-state index in [2.05, 4.69) is 12.1 Å². The van der Waals surface area contributed by atoms with E-state index in [0.717, 1.165) is 17.5 Å². The van der Waals surface area contributed by atoms with Gasteiger partial charge in [0.15, 0.2) is 0 Å². The van der Waals surface area contributed by atoms with E-state index in [1.165, 1.54) is 17.7 Å². The van der Waals surface area contributed by atoms with Crippen molar-refractivity contribution in [3.8, 4) is 0 Å². The molecule has 0 radical (unpaired) electrons. The average Bonchev–Trinajstić information content (AvgIpc) is 3.19. The van der Waals surface area contributed by atoms with Crippen molar-refractivity contribution >= 4 is 11.8 Å². The van der Waals surface area contributed by atoms with Gasteiger partial charge in [-0.05, 0) is 35.2 Å². The van der Waals surface area contributed by atoms with E-state index in [0.29, 0.717) is 26.2 Å². The predicted molar refractivity (Wildman–Crippen MR) is 122 cm³/mol. The molecule has 0 N–H and O–H groups in total. The first-order valence-corrected chi connectivity index (χ1v) is 11.0. The maximum Gasteiger partial charge on any atom is 0.228 e. The van der Waals surface area contributed by atoms with Crippen LogP contribution in [0, 0.1) is 11.7 Å². The number of rotatable bonds is 8. The molecule has 4 rings (SSSR count). The summed E-state index contributed by atoms with van der Waals surface area (Å²) in [6.07, 6.45) is 0.982. The molecule has 4 nitrogen and oxygen atoms in total. The Bertz CT molecular complexity index is 1040. The number of hydrogen-bond donors (Lipinski definition) is 0. The third-order valence-electron chi connectivity index (χ3n) is 5.89. The molecule has 1 aliphatic rings. The molecular formula is C27H27FN2O2. The highest BCUT2D eigenvalue weighted by atomic mass is 19.1. The first kappa shape index (κ1) is 21.8. The molecule has 0 aliphatic carbocycles. The van der Waals surface area contributed by atoms with E-state index in [1.807, 2.05) is 53.4 Å². The third-order valence-corrected chi connectivity index (χ3v) is 5.89. The first-order valence-electron chi connectivity index (χ1n) is 11.0. The number of carbonyl (C=O) groups excluding carboxylic acids is 2. The minimum Gasteiger partial charge on any atom is -0.338 e. The smallest absolute Gasteiger partial charge is 0.228 e. The summed E-state index contributed by atoms with van der Waals surface area (Å²) in [4.78, 5) is 29.6. The predicted octanol–water partition coefficient (Wildman–Crippen LogP) is 4.45. The molecule has 0 bridgehead atoms. The highest BCUT2D eigenvalue weighted by Crippen LogP contribution is 2.23. The molecule has 5 heteroatoms. The summed E-state index contributed by atoms with van der Waals surface area (Å²) in [5, 5.41) is 0. The van der Waals surface area contributed by atoms with Gasteiger partial charge in [0, 0.05) is 32.6 Å². The topological polar surface area (TPSA) is 40.6 Å². The Morgan fingerprint density at radius 1 is 0.875 bits per heavy atom. The van der Waals surface area contributed by atoms with Crippen molar-refractivity contribution in [3.05, 3.63) is 107 Å². The van der Waals surface area contributed by atoms with E-state index in [4.69, 9.17) is 0 Å². The summed E-state index contributed by atoms with van der Waals surface area (Å²) in [5.41, 5.74) is 3.11. The fourth-order valence-corrected chi connectivity index (χ4v) is 4.14. The number of benzene rings is 3. The molecule has 1 aliphatic heterocycles. The van der Waals surface area contributed by atoms with Crippen LogP contribution < -0.4 is 0 Å². The van der Waals surface area contributed by atoms with E-state index in [-0.39, 0.29) is 30.0 Å². The Kier molecular flexibility index (Phi) is 6.95. The Morgan fingerprint density at radius 2 is 1.50 bits per heavy atom. The lowest BCUT2D eigenvalue weighted by molar-refractivity contribution is -0.136. The fraction of sp³-hybridized carbons (Fsp3) is 0.259. The number of amides is 2. The van der Waals surface area contributed by atoms with Crippen LogP contribution in [0.2, 0.25) is 0 Å². The van der Waals surface area contributed by atoms with Crippen LogP contribution in [-0.2, 0) is 29.1 Å². The normalized spacial score (nSPS) is 15.7. The lowest BCUT2D eigenvalue weighted by atomic mass is 10.1. The minimum absolute atomic E-state index is 0.0136. The Labute approximate surface area is 188 Å². The zero-order chi connectivity index (χ0) is 22.3. The largest absolute Gasteiger partial charge is 0.338 e. The summed E-state index contributed by atoms with van der Waals surface area (Å²) in [5.74, 6) is -0.679. The third kappa shape index (κ3) is 5.61. The van der Waals surface area contributed by atoms with E-state index < -0.39 is 0 Å². The van der Waals surface area contributed by atoms with Crippen molar-refractivity contribution in [1.82, 2.24) is 9.80 Å². The van der Waals surface area contributed by atoms with Crippen molar-refractivity contribution < 1.29 is 14.0 Å². The highest BCUT2D eigenvalue weighted by molar-refractivity contribution is 5.89. The van der Waals surface area contributed by atoms with Gasteiger partial charge >= 0.3 is 0 Å². The number of likely N-dealkylation sites (tertiary alicyclic amines) is 1. The van der Waals surface area contributed by atoms with Crippen LogP contribution in [0.3, 0.4) is 0 Å². The van der Waals surface area contributed by atoms with Gasteiger partial charge in [0.1, 0.15) is 5.82 Å². The molecule has 2 amide bonds. The van der Waals surface area contributed by atoms with Crippen LogP contribution in [0.15, 0.2) is 84.9 Å². The standard InChI is InChI=1S/C27H27FN2O2/c28-25-13-11-23(12-14-25)19-30-20-24(17-26(30)31)27(32)29(18-22-9-5-2-6-10-22)16-15-21-7-3-1-4-8-21/h1-14,24H,15-20H2. The molecule has 3 aromatic carbocycles. The molecule has 0 aromatic heterocycles. The van der Waals surface area contributed by atoms with Gasteiger partial charge < -0.3 is 9.80 Å². The quantitative estimate of drug-likeness (QED) is 0.530. The Hall–Kier alpha value is -3.47. The lowest BCUT2D eigenvalue weighted by Crippen LogP contribution is -2.38. The van der Waals surface area contributed by atoms with Gasteiger partial charge in [0.2, 0.25) is 11.8 Å². The summed E-state index contributed by atoms with van der Waals surface area (Å²) >= 11 is 0. The number of nitrogens with zero attached hydrogens (tertiary/aromatic N) is 2. The van der Waals surface area contributed by atoms with E-state index in [9.17, 15) is 14.0 Å². The van der Waals surface area contributed by atoms with Crippen LogP contribution >= 0.6 is 0 Å². The van der Waals surface area contributed by atoms with Crippen LogP contribution in [-0.4, -0.2) is 34.7 Å². The maximum atomic E-state index is 13.5. The monoisotopic (exact) mass is 430 g/mol. The Morgan fingerprint density at radius 3 is 2.16 bits per heavy atom. The van der Waals surface area contributed by atoms with Crippen LogP contribution in [0.25, 0.3) is 0 Å². The molecule has 1 saturated heterocycles. The molecule has 3 aromatic rings. The molecule has 32 heavy (non-hydrogen) atoms. The zero-order valence-corrected chi connectivity index (χ0v) is 18.0. The van der Waals surface area contributed by atoms with Crippen LogP contribution in [0.1, 0.15) is 23.1 Å². The molecule has 1 atom stereocenters.